The van der Waals surface area contributed by atoms with Gasteiger partial charge in [0.2, 0.25) is 0 Å². The van der Waals surface area contributed by atoms with Crippen molar-refractivity contribution in [3.05, 3.63) is 29.8 Å². The number of benzene rings is 1. The first-order chi connectivity index (χ1) is 10.1. The molecule has 114 valence electrons. The van der Waals surface area contributed by atoms with E-state index in [0.29, 0.717) is 23.7 Å². The molecule has 2 aliphatic rings. The maximum absolute atomic E-state index is 9.80. The van der Waals surface area contributed by atoms with Gasteiger partial charge < -0.3 is 15.6 Å². The van der Waals surface area contributed by atoms with Crippen LogP contribution >= 0.6 is 12.2 Å². The topological polar surface area (TPSA) is 58.7 Å². The lowest BCUT2D eigenvalue weighted by Gasteiger charge is -2.36. The number of aliphatic hydroxyl groups excluding tert-OH is 1. The van der Waals surface area contributed by atoms with E-state index in [-0.39, 0.29) is 6.10 Å². The number of nitrogens with zero attached hydrogens (tertiary/aromatic N) is 1. The summed E-state index contributed by atoms with van der Waals surface area (Å²) in [5.74, 6) is 0.847. The fourth-order valence-corrected chi connectivity index (χ4v) is 3.73. The molecule has 21 heavy (non-hydrogen) atoms. The van der Waals surface area contributed by atoms with Crippen molar-refractivity contribution in [1.82, 2.24) is 4.90 Å². The highest BCUT2D eigenvalue weighted by atomic mass is 32.1. The Bertz CT molecular complexity index is 492. The van der Waals surface area contributed by atoms with Gasteiger partial charge in [0.05, 0.1) is 6.10 Å². The largest absolute Gasteiger partial charge is 0.492 e. The van der Waals surface area contributed by atoms with Crippen LogP contribution < -0.4 is 10.5 Å². The van der Waals surface area contributed by atoms with Crippen molar-refractivity contribution in [1.29, 1.82) is 0 Å². The first-order valence-electron chi connectivity index (χ1n) is 7.60. The average Bonchev–Trinajstić information content (AvgIpc) is 2.70. The predicted octanol–water partition coefficient (Wildman–Crippen LogP) is 1.69. The van der Waals surface area contributed by atoms with Crippen LogP contribution in [0.5, 0.6) is 5.75 Å². The molecule has 2 aliphatic heterocycles. The van der Waals surface area contributed by atoms with Crippen LogP contribution in [0.15, 0.2) is 24.3 Å². The Balaban J connectivity index is 1.49. The standard InChI is InChI=1S/C16H22N2O2S/c17-16(21)11-1-5-15(6-2-11)20-8-7-18-12-3-4-13(18)10-14(19)9-12/h1-2,5-6,12-14,19H,3-4,7-10H2,(H2,17,21). The second kappa shape index (κ2) is 6.30. The van der Waals surface area contributed by atoms with Gasteiger partial charge in [-0.2, -0.15) is 0 Å². The number of thiocarbonyl (C=S) groups is 1. The minimum Gasteiger partial charge on any atom is -0.492 e. The smallest absolute Gasteiger partial charge is 0.119 e. The van der Waals surface area contributed by atoms with Crippen LogP contribution in [0.2, 0.25) is 0 Å². The number of hydrogen-bond acceptors (Lipinski definition) is 4. The molecular formula is C16H22N2O2S. The van der Waals surface area contributed by atoms with E-state index in [1.54, 1.807) is 0 Å². The van der Waals surface area contributed by atoms with Crippen LogP contribution in [0.4, 0.5) is 0 Å². The molecule has 0 saturated carbocycles. The average molecular weight is 306 g/mol. The third kappa shape index (κ3) is 3.36. The quantitative estimate of drug-likeness (QED) is 0.811. The summed E-state index contributed by atoms with van der Waals surface area (Å²) in [5.41, 5.74) is 6.44. The fraction of sp³-hybridized carbons (Fsp3) is 0.562. The number of ether oxygens (including phenoxy) is 1. The van der Waals surface area contributed by atoms with Crippen LogP contribution in [-0.4, -0.2) is 46.3 Å². The highest BCUT2D eigenvalue weighted by Crippen LogP contribution is 2.35. The zero-order chi connectivity index (χ0) is 14.8. The van der Waals surface area contributed by atoms with Crippen molar-refractivity contribution in [2.75, 3.05) is 13.2 Å². The van der Waals surface area contributed by atoms with Gasteiger partial charge in [0.25, 0.3) is 0 Å². The maximum atomic E-state index is 9.80. The first-order valence-corrected chi connectivity index (χ1v) is 8.01. The lowest BCUT2D eigenvalue weighted by Crippen LogP contribution is -2.46. The molecule has 4 nitrogen and oxygen atoms in total. The normalized spacial score (nSPS) is 28.5. The molecule has 3 rings (SSSR count). The van der Waals surface area contributed by atoms with Gasteiger partial charge in [-0.1, -0.05) is 12.2 Å². The summed E-state index contributed by atoms with van der Waals surface area (Å²) in [6, 6.07) is 8.67. The van der Waals surface area contributed by atoms with E-state index in [1.807, 2.05) is 24.3 Å². The third-order valence-corrected chi connectivity index (χ3v) is 4.85. The first kappa shape index (κ1) is 14.8. The number of fused-ring (bicyclic) bond motifs is 2. The Labute approximate surface area is 130 Å². The SMILES string of the molecule is NC(=S)c1ccc(OCCN2C3CCC2CC(O)C3)cc1. The van der Waals surface area contributed by atoms with E-state index in [2.05, 4.69) is 4.90 Å². The number of hydrogen-bond donors (Lipinski definition) is 2. The van der Waals surface area contributed by atoms with Crippen LogP contribution in [0.25, 0.3) is 0 Å². The van der Waals surface area contributed by atoms with Gasteiger partial charge in [-0.25, -0.2) is 0 Å². The monoisotopic (exact) mass is 306 g/mol. The van der Waals surface area contributed by atoms with E-state index in [4.69, 9.17) is 22.7 Å². The van der Waals surface area contributed by atoms with E-state index in [0.717, 1.165) is 30.7 Å². The van der Waals surface area contributed by atoms with E-state index in [1.165, 1.54) is 12.8 Å². The summed E-state index contributed by atoms with van der Waals surface area (Å²) < 4.78 is 5.81. The highest BCUT2D eigenvalue weighted by molar-refractivity contribution is 7.80. The Morgan fingerprint density at radius 3 is 2.43 bits per heavy atom. The van der Waals surface area contributed by atoms with Crippen molar-refractivity contribution in [2.24, 2.45) is 5.73 Å². The number of rotatable bonds is 5. The minimum atomic E-state index is -0.104. The number of piperidine rings is 1. The molecule has 0 amide bonds. The van der Waals surface area contributed by atoms with Gasteiger partial charge in [0.1, 0.15) is 17.3 Å². The lowest BCUT2D eigenvalue weighted by molar-refractivity contribution is 0.0288. The van der Waals surface area contributed by atoms with Crippen LogP contribution in [-0.2, 0) is 0 Å². The molecule has 2 bridgehead atoms. The van der Waals surface area contributed by atoms with Gasteiger partial charge in [-0.05, 0) is 49.9 Å². The Hall–Kier alpha value is -1.17. The van der Waals surface area contributed by atoms with E-state index in [9.17, 15) is 5.11 Å². The Morgan fingerprint density at radius 1 is 1.24 bits per heavy atom. The van der Waals surface area contributed by atoms with Crippen LogP contribution in [0, 0.1) is 0 Å². The van der Waals surface area contributed by atoms with E-state index >= 15 is 0 Å². The summed E-state index contributed by atoms with van der Waals surface area (Å²) in [6.45, 7) is 1.61. The van der Waals surface area contributed by atoms with Crippen molar-refractivity contribution in [3.8, 4) is 5.75 Å². The molecule has 0 spiro atoms. The molecule has 0 aromatic heterocycles. The van der Waals surface area contributed by atoms with Gasteiger partial charge in [-0.15, -0.1) is 0 Å². The molecule has 2 unspecified atom stereocenters. The van der Waals surface area contributed by atoms with Gasteiger partial charge >= 0.3 is 0 Å². The van der Waals surface area contributed by atoms with Crippen LogP contribution in [0.1, 0.15) is 31.2 Å². The highest BCUT2D eigenvalue weighted by Gasteiger charge is 2.39. The second-order valence-electron chi connectivity index (χ2n) is 5.99. The van der Waals surface area contributed by atoms with Crippen molar-refractivity contribution < 1.29 is 9.84 Å². The summed E-state index contributed by atoms with van der Waals surface area (Å²) >= 11 is 4.93. The third-order valence-electron chi connectivity index (χ3n) is 4.62. The van der Waals surface area contributed by atoms with Gasteiger partial charge in [0.15, 0.2) is 0 Å². The van der Waals surface area contributed by atoms with Gasteiger partial charge in [-0.3, -0.25) is 4.90 Å². The number of nitrogens with two attached hydrogens (primary N) is 1. The summed E-state index contributed by atoms with van der Waals surface area (Å²) in [7, 11) is 0. The van der Waals surface area contributed by atoms with Crippen molar-refractivity contribution in [3.63, 3.8) is 0 Å². The van der Waals surface area contributed by atoms with E-state index < -0.39 is 0 Å². The van der Waals surface area contributed by atoms with Crippen molar-refractivity contribution in [2.45, 2.75) is 43.9 Å². The molecule has 0 radical (unpaired) electrons. The lowest BCUT2D eigenvalue weighted by atomic mass is 10.0. The molecule has 2 saturated heterocycles. The summed E-state index contributed by atoms with van der Waals surface area (Å²) in [6.07, 6.45) is 4.15. The second-order valence-corrected chi connectivity index (χ2v) is 6.42. The molecule has 2 heterocycles. The minimum absolute atomic E-state index is 0.104. The molecule has 1 aromatic carbocycles. The summed E-state index contributed by atoms with van der Waals surface area (Å²) in [5, 5.41) is 9.80. The molecule has 1 aromatic rings. The Morgan fingerprint density at radius 2 is 1.86 bits per heavy atom. The van der Waals surface area contributed by atoms with Crippen molar-refractivity contribution >= 4 is 17.2 Å². The summed E-state index contributed by atoms with van der Waals surface area (Å²) in [4.78, 5) is 2.92. The molecule has 2 fully saturated rings. The number of aliphatic hydroxyl groups is 1. The maximum Gasteiger partial charge on any atom is 0.119 e. The molecule has 2 atom stereocenters. The molecule has 5 heteroatoms. The molecule has 3 N–H and O–H groups in total. The zero-order valence-corrected chi connectivity index (χ0v) is 12.9. The molecular weight excluding hydrogens is 284 g/mol. The Kier molecular flexibility index (Phi) is 4.42. The predicted molar refractivity (Wildman–Crippen MR) is 86.6 cm³/mol. The molecule has 0 aliphatic carbocycles. The zero-order valence-electron chi connectivity index (χ0n) is 12.1. The van der Waals surface area contributed by atoms with Crippen LogP contribution in [0.3, 0.4) is 0 Å². The van der Waals surface area contributed by atoms with Gasteiger partial charge in [0, 0.05) is 24.2 Å². The fourth-order valence-electron chi connectivity index (χ4n) is 3.59.